The number of nitrogens with one attached hydrogen (secondary N) is 2. The number of nitrogens with zero attached hydrogens (tertiary/aromatic N) is 2. The molecule has 3 aromatic rings. The smallest absolute Gasteiger partial charge is 0.251 e. The van der Waals surface area contributed by atoms with Crippen molar-refractivity contribution >= 4 is 11.7 Å². The molecule has 0 saturated heterocycles. The van der Waals surface area contributed by atoms with Crippen LogP contribution in [0, 0.1) is 5.82 Å². The summed E-state index contributed by atoms with van der Waals surface area (Å²) in [6, 6.07) is 13.7. The van der Waals surface area contributed by atoms with Gasteiger partial charge in [0.2, 0.25) is 0 Å². The summed E-state index contributed by atoms with van der Waals surface area (Å²) in [7, 11) is 0. The lowest BCUT2D eigenvalue weighted by atomic mass is 10.1. The van der Waals surface area contributed by atoms with Gasteiger partial charge in [-0.05, 0) is 41.8 Å². The van der Waals surface area contributed by atoms with Crippen molar-refractivity contribution in [2.75, 3.05) is 11.9 Å². The third-order valence-electron chi connectivity index (χ3n) is 3.86. The molecule has 26 heavy (non-hydrogen) atoms. The van der Waals surface area contributed by atoms with Gasteiger partial charge in [-0.15, -0.1) is 0 Å². The maximum Gasteiger partial charge on any atom is 0.251 e. The van der Waals surface area contributed by atoms with E-state index in [-0.39, 0.29) is 11.7 Å². The van der Waals surface area contributed by atoms with Crippen molar-refractivity contribution in [1.29, 1.82) is 0 Å². The van der Waals surface area contributed by atoms with E-state index < -0.39 is 0 Å². The first-order valence-electron chi connectivity index (χ1n) is 8.33. The number of hydrogen-bond acceptors (Lipinski definition) is 4. The molecule has 0 unspecified atom stereocenters. The third kappa shape index (κ3) is 4.86. The number of hydrogen-bond donors (Lipinski definition) is 2. The fourth-order valence-corrected chi connectivity index (χ4v) is 2.48. The summed E-state index contributed by atoms with van der Waals surface area (Å²) in [4.78, 5) is 20.5. The molecule has 0 aliphatic rings. The Hall–Kier alpha value is -3.28. The summed E-state index contributed by atoms with van der Waals surface area (Å²) >= 11 is 0. The molecule has 1 aromatic carbocycles. The van der Waals surface area contributed by atoms with Gasteiger partial charge in [0.25, 0.3) is 5.91 Å². The number of carbonyl (C=O) groups excluding carboxylic acids is 1. The number of rotatable bonds is 7. The van der Waals surface area contributed by atoms with Gasteiger partial charge in [-0.25, -0.2) is 9.37 Å². The van der Waals surface area contributed by atoms with Gasteiger partial charge in [-0.2, -0.15) is 0 Å². The topological polar surface area (TPSA) is 66.9 Å². The lowest BCUT2D eigenvalue weighted by Crippen LogP contribution is -2.26. The highest BCUT2D eigenvalue weighted by Crippen LogP contribution is 2.09. The lowest BCUT2D eigenvalue weighted by molar-refractivity contribution is 0.0954. The van der Waals surface area contributed by atoms with E-state index in [1.165, 1.54) is 6.07 Å². The molecule has 0 radical (unpaired) electrons. The minimum absolute atomic E-state index is 0.215. The average Bonchev–Trinajstić information content (AvgIpc) is 2.69. The van der Waals surface area contributed by atoms with Crippen molar-refractivity contribution in [1.82, 2.24) is 15.3 Å². The molecule has 5 nitrogen and oxygen atoms in total. The van der Waals surface area contributed by atoms with Crippen molar-refractivity contribution in [3.63, 3.8) is 0 Å². The summed E-state index contributed by atoms with van der Waals surface area (Å²) in [5, 5.41) is 5.97. The quantitative estimate of drug-likeness (QED) is 0.687. The van der Waals surface area contributed by atoms with Crippen LogP contribution in [0.15, 0.2) is 67.1 Å². The van der Waals surface area contributed by atoms with Crippen LogP contribution in [-0.4, -0.2) is 22.4 Å². The summed E-state index contributed by atoms with van der Waals surface area (Å²) < 4.78 is 13.6. The van der Waals surface area contributed by atoms with E-state index in [0.29, 0.717) is 36.5 Å². The van der Waals surface area contributed by atoms with Gasteiger partial charge in [0, 0.05) is 37.2 Å². The van der Waals surface area contributed by atoms with Crippen LogP contribution in [0.2, 0.25) is 0 Å². The van der Waals surface area contributed by atoms with Crippen molar-refractivity contribution in [3.05, 3.63) is 89.6 Å². The predicted octanol–water partition coefficient (Wildman–Crippen LogP) is 3.20. The van der Waals surface area contributed by atoms with Gasteiger partial charge in [-0.3, -0.25) is 9.78 Å². The molecule has 0 saturated carbocycles. The number of benzene rings is 1. The van der Waals surface area contributed by atoms with E-state index in [2.05, 4.69) is 20.6 Å². The molecule has 2 heterocycles. The van der Waals surface area contributed by atoms with E-state index in [4.69, 9.17) is 0 Å². The van der Waals surface area contributed by atoms with Gasteiger partial charge in [0.05, 0.1) is 0 Å². The Labute approximate surface area is 151 Å². The zero-order chi connectivity index (χ0) is 18.2. The third-order valence-corrected chi connectivity index (χ3v) is 3.86. The van der Waals surface area contributed by atoms with Crippen LogP contribution >= 0.6 is 0 Å². The minimum atomic E-state index is -0.257. The van der Waals surface area contributed by atoms with Gasteiger partial charge in [0.15, 0.2) is 0 Å². The predicted molar refractivity (Wildman–Crippen MR) is 98.2 cm³/mol. The summed E-state index contributed by atoms with van der Waals surface area (Å²) in [6.45, 7) is 0.930. The molecule has 3 rings (SSSR count). The largest absolute Gasteiger partial charge is 0.366 e. The van der Waals surface area contributed by atoms with E-state index >= 15 is 0 Å². The Bertz CT molecular complexity index is 870. The van der Waals surface area contributed by atoms with Crippen molar-refractivity contribution in [2.45, 2.75) is 13.0 Å². The van der Waals surface area contributed by atoms with Gasteiger partial charge in [-0.1, -0.05) is 24.3 Å². The summed E-state index contributed by atoms with van der Waals surface area (Å²) in [6.07, 6.45) is 5.51. The lowest BCUT2D eigenvalue weighted by Gasteiger charge is -2.09. The number of carbonyl (C=O) groups is 1. The SMILES string of the molecule is O=C(NCCc1ccccc1F)c1ccnc(NCc2cccnc2)c1. The first kappa shape index (κ1) is 17.5. The molecule has 2 aromatic heterocycles. The van der Waals surface area contributed by atoms with E-state index in [1.54, 1.807) is 48.9 Å². The summed E-state index contributed by atoms with van der Waals surface area (Å²) in [5.41, 5.74) is 2.11. The molecule has 2 N–H and O–H groups in total. The molecule has 0 aliphatic carbocycles. The van der Waals surface area contributed by atoms with Crippen LogP contribution in [0.5, 0.6) is 0 Å². The van der Waals surface area contributed by atoms with Gasteiger partial charge < -0.3 is 10.6 Å². The van der Waals surface area contributed by atoms with Crippen LogP contribution in [-0.2, 0) is 13.0 Å². The first-order chi connectivity index (χ1) is 12.7. The normalized spacial score (nSPS) is 10.3. The Morgan fingerprint density at radius 2 is 1.96 bits per heavy atom. The average molecular weight is 350 g/mol. The standard InChI is InChI=1S/C20H19FN4O/c21-18-6-2-1-5-16(18)7-11-24-20(26)17-8-10-23-19(12-17)25-14-15-4-3-9-22-13-15/h1-6,8-10,12-13H,7,11,14H2,(H,23,25)(H,24,26). The number of halogens is 1. The fraction of sp³-hybridized carbons (Fsp3) is 0.150. The molecule has 6 heteroatoms. The van der Waals surface area contributed by atoms with Gasteiger partial charge in [0.1, 0.15) is 11.6 Å². The maximum absolute atomic E-state index is 13.6. The molecule has 0 spiro atoms. The van der Waals surface area contributed by atoms with Crippen LogP contribution in [0.1, 0.15) is 21.5 Å². The fourth-order valence-electron chi connectivity index (χ4n) is 2.48. The number of pyridine rings is 2. The molecule has 0 fully saturated rings. The molecular formula is C20H19FN4O. The first-order valence-corrected chi connectivity index (χ1v) is 8.33. The highest BCUT2D eigenvalue weighted by Gasteiger charge is 2.07. The van der Waals surface area contributed by atoms with Crippen LogP contribution in [0.25, 0.3) is 0 Å². The van der Waals surface area contributed by atoms with E-state index in [9.17, 15) is 9.18 Å². The number of anilines is 1. The zero-order valence-electron chi connectivity index (χ0n) is 14.2. The zero-order valence-corrected chi connectivity index (χ0v) is 14.2. The van der Waals surface area contributed by atoms with Crippen LogP contribution in [0.4, 0.5) is 10.2 Å². The van der Waals surface area contributed by atoms with E-state index in [0.717, 1.165) is 5.56 Å². The molecule has 0 atom stereocenters. The molecule has 1 amide bonds. The second-order valence-electron chi connectivity index (χ2n) is 5.74. The Kier molecular flexibility index (Phi) is 5.88. The number of aromatic nitrogens is 2. The Morgan fingerprint density at radius 1 is 1.08 bits per heavy atom. The molecule has 0 bridgehead atoms. The highest BCUT2D eigenvalue weighted by molar-refractivity contribution is 5.94. The van der Waals surface area contributed by atoms with Crippen LogP contribution < -0.4 is 10.6 Å². The molecule has 132 valence electrons. The number of amides is 1. The summed E-state index contributed by atoms with van der Waals surface area (Å²) in [5.74, 6) is 0.135. The van der Waals surface area contributed by atoms with Crippen molar-refractivity contribution in [2.24, 2.45) is 0 Å². The highest BCUT2D eigenvalue weighted by atomic mass is 19.1. The van der Waals surface area contributed by atoms with Crippen LogP contribution in [0.3, 0.4) is 0 Å². The van der Waals surface area contributed by atoms with Gasteiger partial charge >= 0.3 is 0 Å². The Morgan fingerprint density at radius 3 is 2.77 bits per heavy atom. The Balaban J connectivity index is 1.53. The van der Waals surface area contributed by atoms with Crippen molar-refractivity contribution in [3.8, 4) is 0 Å². The second kappa shape index (κ2) is 8.71. The monoisotopic (exact) mass is 350 g/mol. The van der Waals surface area contributed by atoms with E-state index in [1.807, 2.05) is 12.1 Å². The molecule has 0 aliphatic heterocycles. The second-order valence-corrected chi connectivity index (χ2v) is 5.74. The molecular weight excluding hydrogens is 331 g/mol. The maximum atomic E-state index is 13.6. The minimum Gasteiger partial charge on any atom is -0.366 e. The van der Waals surface area contributed by atoms with Crippen molar-refractivity contribution < 1.29 is 9.18 Å².